The third-order valence-electron chi connectivity index (χ3n) is 27.1. The number of nitrogens with zero attached hydrogens (tertiary/aromatic N) is 2. The molecule has 1 aliphatic heterocycles. The van der Waals surface area contributed by atoms with Crippen LogP contribution in [0.25, 0.3) is 11.4 Å². The first-order valence-electron chi connectivity index (χ1n) is 49.5. The Morgan fingerprint density at radius 3 is 1.82 bits per heavy atom. The molecule has 42 heteroatoms. The first kappa shape index (κ1) is 114. The second-order valence-electron chi connectivity index (χ2n) is 37.6. The lowest BCUT2D eigenvalue weighted by Crippen LogP contribution is -2.58. The van der Waals surface area contributed by atoms with Crippen LogP contribution >= 0.6 is 0 Å². The fourth-order valence-electron chi connectivity index (χ4n) is 19.6. The monoisotopic (exact) mass is 2030 g/mol. The smallest absolute Gasteiger partial charge is 0.407 e. The number of imide groups is 1. The van der Waals surface area contributed by atoms with E-state index in [-0.39, 0.29) is 222 Å². The minimum atomic E-state index is -4.16. The molecule has 13 amide bonds. The first-order chi connectivity index (χ1) is 69.2. The van der Waals surface area contributed by atoms with Crippen LogP contribution in [0.5, 0.6) is 5.75 Å². The van der Waals surface area contributed by atoms with Gasteiger partial charge in [0.1, 0.15) is 50.0 Å². The summed E-state index contributed by atoms with van der Waals surface area (Å²) in [7, 11) is -4.16. The zero-order valence-corrected chi connectivity index (χ0v) is 84.0. The van der Waals surface area contributed by atoms with Gasteiger partial charge in [-0.05, 0) is 169 Å². The maximum Gasteiger partial charge on any atom is 0.407 e. The summed E-state index contributed by atoms with van der Waals surface area (Å²) in [4.78, 5) is 161. The normalized spacial score (nSPS) is 19.3. The molecule has 5 aromatic carbocycles. The van der Waals surface area contributed by atoms with Gasteiger partial charge in [-0.25, -0.2) is 15.1 Å². The Balaban J connectivity index is 0.546. The largest absolute Gasteiger partial charge is 0.508 e. The minimum absolute atomic E-state index is 0.00859. The Bertz CT molecular complexity index is 5320. The minimum Gasteiger partial charge on any atom is -0.508 e. The number of alkyl carbamates (subject to hydrolysis) is 1. The van der Waals surface area contributed by atoms with Crippen molar-refractivity contribution < 1.29 is 123 Å². The summed E-state index contributed by atoms with van der Waals surface area (Å²) in [5.41, 5.74) is 21.0. The molecule has 16 N–H and O–H groups in total. The van der Waals surface area contributed by atoms with Crippen LogP contribution in [0.15, 0.2) is 114 Å². The molecule has 2 fully saturated rings. The molecule has 0 radical (unpaired) electrons. The number of anilines is 3. The third kappa shape index (κ3) is 34.9. The van der Waals surface area contributed by atoms with E-state index in [1.54, 1.807) is 49.1 Å². The first-order valence-corrected chi connectivity index (χ1v) is 51.1. The number of phenols is 1. The summed E-state index contributed by atoms with van der Waals surface area (Å²) in [6.07, 6.45) is 7.01. The maximum atomic E-state index is 14.9. The molecule has 144 heavy (non-hydrogen) atoms. The van der Waals surface area contributed by atoms with Gasteiger partial charge in [0.05, 0.1) is 140 Å². The molecule has 10 rings (SSSR count). The van der Waals surface area contributed by atoms with Crippen molar-refractivity contribution in [3.8, 4) is 5.75 Å². The Morgan fingerprint density at radius 2 is 1.15 bits per heavy atom. The zero-order chi connectivity index (χ0) is 104. The van der Waals surface area contributed by atoms with E-state index in [9.17, 15) is 71.1 Å². The molecule has 0 saturated heterocycles. The van der Waals surface area contributed by atoms with E-state index in [1.165, 1.54) is 5.56 Å². The van der Waals surface area contributed by atoms with Gasteiger partial charge in [0.25, 0.3) is 10.1 Å². The average Bonchev–Trinajstić information content (AvgIpc) is 0.735. The topological polar surface area (TPSA) is 570 Å². The fraction of sp³-hybridized carbons (Fsp3) is 0.569. The number of urea groups is 1. The van der Waals surface area contributed by atoms with Crippen molar-refractivity contribution in [1.29, 1.82) is 5.53 Å². The van der Waals surface area contributed by atoms with Crippen molar-refractivity contribution in [1.82, 2.24) is 47.9 Å². The van der Waals surface area contributed by atoms with Crippen molar-refractivity contribution in [2.75, 3.05) is 173 Å². The highest BCUT2D eigenvalue weighted by Crippen LogP contribution is 2.59. The summed E-state index contributed by atoms with van der Waals surface area (Å²) < 4.78 is 85.9. The highest BCUT2D eigenvalue weighted by atomic mass is 32.2. The molecule has 5 aliphatic rings. The number of carbonyl (C=O) groups is 12. The molecule has 5 aromatic rings. The van der Waals surface area contributed by atoms with Crippen LogP contribution in [0, 0.1) is 40.0 Å². The van der Waals surface area contributed by atoms with Crippen molar-refractivity contribution in [2.24, 2.45) is 45.3 Å². The lowest BCUT2D eigenvalue weighted by molar-refractivity contribution is -0.148. The SMILES string of the molecule is CC(C)[C@H](NC(=O)CCOCCOCCOCCOCCNC(=O)CCC(=O)N1Cc2ccccc2C(N=N)=C(NCCOCCOCCOCCOCCC(=O)NCCS(=O)(=O)O)c2ccccc21)C(=O)N[C@@H](CCCNC(N)=O)C(=O)Nc1ccc(COC(=O)NCC(=O)NCOCC(=O)Nc2ccc3c(c2)C2[C@H](C)CCC[C@](C)(C(=O)NC(=O)[C@@]4(C)CCC[C@]5(C)c6cc(O)ccc6CC[C@@H]45)[C@@H]2CC3)cc1. The molecule has 788 valence electrons. The van der Waals surface area contributed by atoms with E-state index < -0.39 is 105 Å². The van der Waals surface area contributed by atoms with Gasteiger partial charge in [-0.2, -0.15) is 13.5 Å². The number of aromatic hydroxyl groups is 1. The molecule has 2 saturated carbocycles. The standard InChI is InChI=1S/C102H143N15O26S/c1-67(2)91(114-86(121)35-44-135-48-52-139-56-57-140-53-49-136-45-40-105-84(119)32-33-89(124)117-63-72-15-7-8-16-76(72)93(116-104)92(77-17-9-10-19-82(77)117)107-41-46-137-50-54-141-58-55-138-51-47-134-43-34-85(120)106-42-59-144(131,132)133)95(126)113-81(18-12-39-108-98(103)129)94(125)112-73-26-20-69(21-27-73)64-143-99(130)109-62-87(122)110-66-142-65-88(123)111-74-28-22-70-24-30-79-90(78(70)60-74)68(3)14-11-36-101(79,5)96(127)115-97(128)102(6)38-13-37-100(4)80-61-75(118)29-23-71(80)25-31-83(100)102/h7-10,15-17,19-23,26-29,60-61,67-68,79,81,83,90-91,104,107,118H,11-14,18,24-25,30-59,62-66H2,1-6H3,(H,105,119)(H,106,120)(H,109,130)(H,110,122)(H,111,123)(H,112,125)(H,113,126)(H,114,121)(H3,103,108,129)(H,115,127,128)(H,131,132,133)/t68-,79-,81+,83-,90?,91+,100-,101+,102+/m1/s1. The van der Waals surface area contributed by atoms with Crippen LogP contribution in [-0.2, 0) is 137 Å². The van der Waals surface area contributed by atoms with Crippen LogP contribution in [0.1, 0.15) is 182 Å². The van der Waals surface area contributed by atoms with E-state index in [0.29, 0.717) is 84.4 Å². The van der Waals surface area contributed by atoms with Crippen molar-refractivity contribution >= 4 is 110 Å². The van der Waals surface area contributed by atoms with Gasteiger partial charge in [-0.15, -0.1) is 0 Å². The number of carbonyl (C=O) groups excluding carboxylic acids is 12. The lowest BCUT2D eigenvalue weighted by atomic mass is 9.49. The molecular formula is C102H143N15O26S. The van der Waals surface area contributed by atoms with Gasteiger partial charge < -0.3 is 116 Å². The average molecular weight is 2030 g/mol. The lowest BCUT2D eigenvalue weighted by Gasteiger charge is -2.54. The van der Waals surface area contributed by atoms with E-state index in [4.69, 9.17) is 63.2 Å². The molecule has 0 aromatic heterocycles. The summed E-state index contributed by atoms with van der Waals surface area (Å²) in [6.45, 7) is 14.7. The summed E-state index contributed by atoms with van der Waals surface area (Å²) in [5, 5.41) is 44.6. The summed E-state index contributed by atoms with van der Waals surface area (Å²) in [6, 6.07) is 29.4. The number of phenolic OH excluding ortho intramolecular Hbond substituents is 1. The Morgan fingerprint density at radius 1 is 0.556 bits per heavy atom. The molecule has 1 heterocycles. The molecule has 0 spiro atoms. The number of primary amides is 1. The highest BCUT2D eigenvalue weighted by molar-refractivity contribution is 7.85. The van der Waals surface area contributed by atoms with Gasteiger partial charge in [0.2, 0.25) is 59.1 Å². The number of aryl methyl sites for hydroxylation is 2. The number of nitrogens with one attached hydrogen (secondary N) is 12. The van der Waals surface area contributed by atoms with E-state index in [0.717, 1.165) is 73.6 Å². The molecule has 41 nitrogen and oxygen atoms in total. The van der Waals surface area contributed by atoms with Gasteiger partial charge in [0.15, 0.2) is 0 Å². The zero-order valence-electron chi connectivity index (χ0n) is 83.2. The highest BCUT2D eigenvalue weighted by Gasteiger charge is 2.57. The number of hydrogen-bond acceptors (Lipinski definition) is 28. The molecular weight excluding hydrogens is 1880 g/mol. The maximum absolute atomic E-state index is 14.9. The summed E-state index contributed by atoms with van der Waals surface area (Å²) in [5.74, 6) is -4.94. The number of benzene rings is 5. The van der Waals surface area contributed by atoms with Crippen molar-refractivity contribution in [3.63, 3.8) is 0 Å². The molecule has 1 unspecified atom stereocenters. The van der Waals surface area contributed by atoms with Gasteiger partial charge in [-0.3, -0.25) is 57.8 Å². The number of fused-ring (bicyclic) bond motifs is 8. The van der Waals surface area contributed by atoms with Crippen LogP contribution in [-0.4, -0.2) is 259 Å². The number of ether oxygens (including phenoxy) is 10. The number of nitrogens with two attached hydrogens (primary N) is 1. The van der Waals surface area contributed by atoms with Gasteiger partial charge >= 0.3 is 12.1 Å². The Hall–Kier alpha value is -12.0. The fourth-order valence-corrected chi connectivity index (χ4v) is 19.9. The molecule has 4 aliphatic carbocycles. The van der Waals surface area contributed by atoms with Crippen LogP contribution in [0.3, 0.4) is 0 Å². The molecule has 0 bridgehead atoms. The van der Waals surface area contributed by atoms with E-state index in [1.807, 2.05) is 92.7 Å². The molecule has 9 atom stereocenters. The van der Waals surface area contributed by atoms with Gasteiger partial charge in [0, 0.05) is 74.4 Å². The number of amides is 13. The van der Waals surface area contributed by atoms with E-state index >= 15 is 0 Å². The van der Waals surface area contributed by atoms with Crippen molar-refractivity contribution in [3.05, 3.63) is 154 Å². The predicted octanol–water partition coefficient (Wildman–Crippen LogP) is 7.99. The number of rotatable bonds is 59. The van der Waals surface area contributed by atoms with Crippen LogP contribution in [0.2, 0.25) is 0 Å². The third-order valence-corrected chi connectivity index (χ3v) is 27.8. The van der Waals surface area contributed by atoms with Crippen molar-refractivity contribution in [2.45, 2.75) is 181 Å². The second kappa shape index (κ2) is 57.7. The predicted molar refractivity (Wildman–Crippen MR) is 532 cm³/mol. The van der Waals surface area contributed by atoms with Gasteiger partial charge in [-0.1, -0.05) is 128 Å². The number of hydrogen-bond donors (Lipinski definition) is 15. The quantitative estimate of drug-likeness (QED) is 0.00576. The Kier molecular flexibility index (Phi) is 45.6. The van der Waals surface area contributed by atoms with Crippen LogP contribution < -0.4 is 69.1 Å². The Labute approximate surface area is 840 Å². The van der Waals surface area contributed by atoms with E-state index in [2.05, 4.69) is 77.4 Å². The van der Waals surface area contributed by atoms with Crippen LogP contribution in [0.4, 0.5) is 26.7 Å². The summed E-state index contributed by atoms with van der Waals surface area (Å²) >= 11 is 0. The second-order valence-corrected chi connectivity index (χ2v) is 39.2. The number of para-hydroxylation sites is 1.